The number of unbranched alkanes of at least 4 members (excludes halogenated alkanes) is 1. The number of alkyl halides is 4. The first-order valence-electron chi connectivity index (χ1n) is 15.5. The molecule has 0 aromatic rings. The van der Waals surface area contributed by atoms with Crippen molar-refractivity contribution < 1.29 is 36.6 Å². The number of carbonyl (C=O) groups is 2. The van der Waals surface area contributed by atoms with Gasteiger partial charge in [0.2, 0.25) is 0 Å². The van der Waals surface area contributed by atoms with Gasteiger partial charge in [-0.2, -0.15) is 17.6 Å². The highest BCUT2D eigenvalue weighted by atomic mass is 19.3. The van der Waals surface area contributed by atoms with E-state index in [4.69, 9.17) is 9.47 Å². The first-order chi connectivity index (χ1) is 18.2. The number of ether oxygens (including phenoxy) is 2. The van der Waals surface area contributed by atoms with E-state index in [1.807, 2.05) is 6.92 Å². The molecule has 8 saturated carbocycles. The van der Waals surface area contributed by atoms with E-state index < -0.39 is 35.0 Å². The van der Waals surface area contributed by atoms with Gasteiger partial charge in [-0.3, -0.25) is 0 Å². The van der Waals surface area contributed by atoms with E-state index in [0.717, 1.165) is 57.8 Å². The maximum absolute atomic E-state index is 15.4. The molecule has 8 aliphatic rings. The van der Waals surface area contributed by atoms with Crippen molar-refractivity contribution in [2.24, 2.45) is 59.2 Å². The number of hydrogen-bond acceptors (Lipinski definition) is 4. The van der Waals surface area contributed by atoms with Gasteiger partial charge in [0.05, 0.1) is 0 Å². The van der Waals surface area contributed by atoms with E-state index in [0.29, 0.717) is 48.3 Å². The Morgan fingerprint density at radius 1 is 0.692 bits per heavy atom. The van der Waals surface area contributed by atoms with Gasteiger partial charge >= 0.3 is 23.8 Å². The summed E-state index contributed by atoms with van der Waals surface area (Å²) in [6, 6.07) is 0. The van der Waals surface area contributed by atoms with Crippen LogP contribution in [0.2, 0.25) is 0 Å². The van der Waals surface area contributed by atoms with Crippen LogP contribution in [0, 0.1) is 59.2 Å². The van der Waals surface area contributed by atoms with Crippen LogP contribution >= 0.6 is 0 Å². The molecule has 0 radical (unpaired) electrons. The Morgan fingerprint density at radius 2 is 1.05 bits per heavy atom. The Morgan fingerprint density at radius 3 is 1.44 bits per heavy atom. The molecular formula is C31H44F4O4. The molecule has 0 heterocycles. The van der Waals surface area contributed by atoms with Crippen LogP contribution in [0.15, 0.2) is 0 Å². The molecule has 8 aliphatic carbocycles. The molecule has 8 fully saturated rings. The van der Waals surface area contributed by atoms with Gasteiger partial charge in [0.1, 0.15) is 11.2 Å². The monoisotopic (exact) mass is 556 g/mol. The van der Waals surface area contributed by atoms with Gasteiger partial charge in [0.25, 0.3) is 0 Å². The zero-order chi connectivity index (χ0) is 28.1. The predicted octanol–water partition coefficient (Wildman–Crippen LogP) is 7.44. The molecule has 39 heavy (non-hydrogen) atoms. The summed E-state index contributed by atoms with van der Waals surface area (Å²) in [5, 5.41) is 0. The molecule has 0 saturated heterocycles. The van der Waals surface area contributed by atoms with Crippen molar-refractivity contribution in [3.8, 4) is 0 Å². The highest BCUT2D eigenvalue weighted by molar-refractivity contribution is 5.90. The van der Waals surface area contributed by atoms with Gasteiger partial charge in [0.15, 0.2) is 0 Å². The molecule has 220 valence electrons. The number of esters is 2. The molecule has 0 aromatic carbocycles. The first-order valence-corrected chi connectivity index (χ1v) is 15.5. The Hall–Kier alpha value is -1.34. The van der Waals surface area contributed by atoms with Crippen LogP contribution < -0.4 is 0 Å². The smallest absolute Gasteiger partial charge is 0.415 e. The Labute approximate surface area is 229 Å². The zero-order valence-electron chi connectivity index (χ0n) is 23.7. The zero-order valence-corrected chi connectivity index (χ0v) is 23.7. The minimum atomic E-state index is -5.30. The van der Waals surface area contributed by atoms with Crippen LogP contribution in [-0.4, -0.2) is 35.0 Å². The first kappa shape index (κ1) is 27.8. The van der Waals surface area contributed by atoms with E-state index in [-0.39, 0.29) is 23.7 Å². The topological polar surface area (TPSA) is 52.6 Å². The summed E-state index contributed by atoms with van der Waals surface area (Å²) in [5.41, 5.74) is -2.37. The average Bonchev–Trinajstić information content (AvgIpc) is 2.85. The van der Waals surface area contributed by atoms with Gasteiger partial charge in [0, 0.05) is 0 Å². The van der Waals surface area contributed by atoms with E-state index in [1.165, 1.54) is 0 Å². The lowest BCUT2D eigenvalue weighted by Crippen LogP contribution is -2.65. The molecule has 0 aliphatic heterocycles. The summed E-state index contributed by atoms with van der Waals surface area (Å²) >= 11 is 0. The fraction of sp³-hybridized carbons (Fsp3) is 0.935. The van der Waals surface area contributed by atoms with Crippen molar-refractivity contribution in [3.63, 3.8) is 0 Å². The summed E-state index contributed by atoms with van der Waals surface area (Å²) in [6.07, 6.45) is 7.96. The summed E-state index contributed by atoms with van der Waals surface area (Å²) < 4.78 is 72.3. The van der Waals surface area contributed by atoms with Crippen LogP contribution in [0.5, 0.6) is 0 Å². The summed E-state index contributed by atoms with van der Waals surface area (Å²) in [6.45, 7) is 8.05. The van der Waals surface area contributed by atoms with E-state index in [2.05, 4.69) is 13.8 Å². The van der Waals surface area contributed by atoms with Crippen molar-refractivity contribution >= 4 is 11.9 Å². The van der Waals surface area contributed by atoms with Crippen molar-refractivity contribution in [3.05, 3.63) is 0 Å². The molecule has 0 atom stereocenters. The number of rotatable bonds is 8. The fourth-order valence-electron chi connectivity index (χ4n) is 10.6. The minimum Gasteiger partial charge on any atom is -0.454 e. The van der Waals surface area contributed by atoms with E-state index in [9.17, 15) is 9.59 Å². The molecule has 0 unspecified atom stereocenters. The average molecular weight is 557 g/mol. The van der Waals surface area contributed by atoms with Gasteiger partial charge < -0.3 is 9.47 Å². The number of carbonyl (C=O) groups excluding carboxylic acids is 2. The van der Waals surface area contributed by atoms with Crippen molar-refractivity contribution in [2.75, 3.05) is 0 Å². The van der Waals surface area contributed by atoms with Crippen molar-refractivity contribution in [2.45, 2.75) is 121 Å². The second kappa shape index (κ2) is 9.08. The molecule has 4 nitrogen and oxygen atoms in total. The third-order valence-corrected chi connectivity index (χ3v) is 13.1. The van der Waals surface area contributed by atoms with Crippen molar-refractivity contribution in [1.29, 1.82) is 0 Å². The summed E-state index contributed by atoms with van der Waals surface area (Å²) in [7, 11) is 0. The van der Waals surface area contributed by atoms with E-state index in [1.54, 1.807) is 6.92 Å². The van der Waals surface area contributed by atoms with Gasteiger partial charge in [-0.25, -0.2) is 9.59 Å². The van der Waals surface area contributed by atoms with Crippen LogP contribution in [-0.2, 0) is 19.1 Å². The highest BCUT2D eigenvalue weighted by Gasteiger charge is 2.73. The Balaban J connectivity index is 1.20. The predicted molar refractivity (Wildman–Crippen MR) is 136 cm³/mol. The number of halogens is 4. The standard InChI is InChI=1S/C31H44F4O4/c1-5-6-7-29(24-12-20-13-25(29)15-21(14-24)17(20)3)39-27(37)31(34,35)30(32,33)26(36)38-28(4)22-8-18-9-23(28)11-19(10-22)16(18)2/h16-25H,5-15H2,1-4H3. The second-order valence-electron chi connectivity index (χ2n) is 14.6. The third-order valence-electron chi connectivity index (χ3n) is 13.1. The molecule has 8 bridgehead atoms. The fourth-order valence-corrected chi connectivity index (χ4v) is 10.6. The van der Waals surface area contributed by atoms with Crippen LogP contribution in [0.3, 0.4) is 0 Å². The normalized spacial score (nSPS) is 47.9. The molecule has 0 amide bonds. The maximum atomic E-state index is 15.4. The minimum absolute atomic E-state index is 0.0996. The lowest BCUT2D eigenvalue weighted by atomic mass is 9.46. The van der Waals surface area contributed by atoms with Crippen LogP contribution in [0.1, 0.15) is 98.3 Å². The van der Waals surface area contributed by atoms with Crippen LogP contribution in [0.25, 0.3) is 0 Å². The third kappa shape index (κ3) is 3.87. The molecule has 0 spiro atoms. The quantitative estimate of drug-likeness (QED) is 0.230. The summed E-state index contributed by atoms with van der Waals surface area (Å²) in [4.78, 5) is 25.9. The van der Waals surface area contributed by atoms with Gasteiger partial charge in [-0.05, 0) is 130 Å². The molecule has 8 rings (SSSR count). The maximum Gasteiger partial charge on any atom is 0.415 e. The lowest BCUT2D eigenvalue weighted by molar-refractivity contribution is -0.274. The lowest BCUT2D eigenvalue weighted by Gasteiger charge is -2.62. The Bertz CT molecular complexity index is 949. The molecule has 0 N–H and O–H groups in total. The Kier molecular flexibility index (Phi) is 6.47. The highest BCUT2D eigenvalue weighted by Crippen LogP contribution is 2.64. The molecule has 0 aromatic heterocycles. The van der Waals surface area contributed by atoms with E-state index >= 15 is 17.6 Å². The largest absolute Gasteiger partial charge is 0.454 e. The summed E-state index contributed by atoms with van der Waals surface area (Å²) in [5.74, 6) is -12.7. The van der Waals surface area contributed by atoms with Crippen molar-refractivity contribution in [1.82, 2.24) is 0 Å². The SMILES string of the molecule is CCCCC1(OC(=O)C(F)(F)C(F)(F)C(=O)OC2(C)C3CC4CC2CC(C3)C4C)C2CC3CC1CC(C2)C3C. The number of hydrogen-bond donors (Lipinski definition) is 0. The molecule has 8 heteroatoms. The molecular weight excluding hydrogens is 512 g/mol. The van der Waals surface area contributed by atoms with Gasteiger partial charge in [-0.1, -0.05) is 27.2 Å². The second-order valence-corrected chi connectivity index (χ2v) is 14.6. The van der Waals surface area contributed by atoms with Gasteiger partial charge in [-0.15, -0.1) is 0 Å². The van der Waals surface area contributed by atoms with Crippen LogP contribution in [0.4, 0.5) is 17.6 Å².